The van der Waals surface area contributed by atoms with Crippen molar-refractivity contribution < 1.29 is 31.9 Å². The lowest BCUT2D eigenvalue weighted by Crippen LogP contribution is -2.15. The molecule has 2 rings (SSSR count). The molecule has 1 aromatic heterocycles. The number of carbonyl (C=O) groups excluding carboxylic acids is 2. The van der Waals surface area contributed by atoms with Gasteiger partial charge in [-0.2, -0.15) is 13.2 Å². The van der Waals surface area contributed by atoms with E-state index in [0.717, 1.165) is 12.1 Å². The maximum Gasteiger partial charge on any atom is 0.416 e. The van der Waals surface area contributed by atoms with E-state index in [0.29, 0.717) is 30.1 Å². The van der Waals surface area contributed by atoms with Gasteiger partial charge in [-0.3, -0.25) is 9.59 Å². The fraction of sp³-hybridized carbons (Fsp3) is 0.400. The minimum Gasteiger partial charge on any atom is -0.491 e. The minimum atomic E-state index is -4.53. The molecular formula is C20H22F3NO4. The van der Waals surface area contributed by atoms with Crippen LogP contribution in [-0.2, 0) is 17.4 Å². The lowest BCUT2D eigenvalue weighted by Gasteiger charge is -2.15. The number of benzene rings is 1. The van der Waals surface area contributed by atoms with Crippen molar-refractivity contribution in [2.75, 3.05) is 11.9 Å². The van der Waals surface area contributed by atoms with Crippen LogP contribution in [0, 0.1) is 6.92 Å². The number of Topliss-reactive ketones (excluding diaryl/α,β-unsaturated/α-hetero) is 1. The van der Waals surface area contributed by atoms with Gasteiger partial charge in [-0.05, 0) is 44.5 Å². The molecule has 1 N–H and O–H groups in total. The second-order valence-electron chi connectivity index (χ2n) is 6.34. The summed E-state index contributed by atoms with van der Waals surface area (Å²) < 4.78 is 49.8. The number of anilines is 1. The summed E-state index contributed by atoms with van der Waals surface area (Å²) in [6, 6.07) is 4.54. The second kappa shape index (κ2) is 8.95. The van der Waals surface area contributed by atoms with E-state index >= 15 is 0 Å². The van der Waals surface area contributed by atoms with Crippen LogP contribution >= 0.6 is 0 Å². The Morgan fingerprint density at radius 2 is 1.93 bits per heavy atom. The van der Waals surface area contributed by atoms with Gasteiger partial charge in [0.15, 0.2) is 5.78 Å². The molecule has 0 aliphatic heterocycles. The first-order valence-electron chi connectivity index (χ1n) is 8.86. The highest BCUT2D eigenvalue weighted by atomic mass is 19.4. The smallest absolute Gasteiger partial charge is 0.416 e. The number of amides is 1. The Morgan fingerprint density at radius 1 is 1.21 bits per heavy atom. The topological polar surface area (TPSA) is 68.5 Å². The van der Waals surface area contributed by atoms with Gasteiger partial charge in [0.25, 0.3) is 0 Å². The summed E-state index contributed by atoms with van der Waals surface area (Å²) in [4.78, 5) is 23.7. The predicted molar refractivity (Wildman–Crippen MR) is 97.6 cm³/mol. The van der Waals surface area contributed by atoms with Gasteiger partial charge in [-0.1, -0.05) is 6.92 Å². The van der Waals surface area contributed by atoms with E-state index in [-0.39, 0.29) is 30.1 Å². The maximum absolute atomic E-state index is 13.0. The average molecular weight is 397 g/mol. The van der Waals surface area contributed by atoms with Gasteiger partial charge in [-0.15, -0.1) is 0 Å². The minimum absolute atomic E-state index is 0.0201. The van der Waals surface area contributed by atoms with E-state index in [1.165, 1.54) is 13.0 Å². The molecule has 5 nitrogen and oxygen atoms in total. The van der Waals surface area contributed by atoms with Crippen LogP contribution in [0.5, 0.6) is 5.75 Å². The zero-order valence-electron chi connectivity index (χ0n) is 15.9. The van der Waals surface area contributed by atoms with Crippen molar-refractivity contribution in [3.63, 3.8) is 0 Å². The molecule has 0 spiro atoms. The largest absolute Gasteiger partial charge is 0.491 e. The molecule has 2 aromatic rings. The number of carbonyl (C=O) groups is 2. The summed E-state index contributed by atoms with van der Waals surface area (Å²) in [6.45, 7) is 5.25. The van der Waals surface area contributed by atoms with E-state index in [2.05, 4.69) is 5.32 Å². The molecule has 0 saturated carbocycles. The van der Waals surface area contributed by atoms with E-state index in [4.69, 9.17) is 9.15 Å². The number of nitrogens with one attached hydrogen (secondary N) is 1. The van der Waals surface area contributed by atoms with Crippen LogP contribution in [0.4, 0.5) is 18.9 Å². The van der Waals surface area contributed by atoms with Crippen LogP contribution in [0.1, 0.15) is 54.1 Å². The highest BCUT2D eigenvalue weighted by molar-refractivity contribution is 5.95. The molecule has 1 heterocycles. The third kappa shape index (κ3) is 5.61. The van der Waals surface area contributed by atoms with Crippen LogP contribution in [0.2, 0.25) is 0 Å². The zero-order valence-corrected chi connectivity index (χ0v) is 15.9. The van der Waals surface area contributed by atoms with Crippen molar-refractivity contribution in [1.82, 2.24) is 0 Å². The summed E-state index contributed by atoms with van der Waals surface area (Å²) in [5, 5.41) is 2.47. The first-order valence-corrected chi connectivity index (χ1v) is 8.86. The Bertz CT molecular complexity index is 856. The van der Waals surface area contributed by atoms with Crippen molar-refractivity contribution in [2.24, 2.45) is 0 Å². The van der Waals surface area contributed by atoms with Crippen molar-refractivity contribution in [2.45, 2.75) is 46.2 Å². The summed E-state index contributed by atoms with van der Waals surface area (Å²) in [5.41, 5.74) is -0.462. The Morgan fingerprint density at radius 3 is 2.50 bits per heavy atom. The van der Waals surface area contributed by atoms with Crippen molar-refractivity contribution >= 4 is 17.4 Å². The fourth-order valence-corrected chi connectivity index (χ4v) is 2.61. The number of furan rings is 1. The van der Waals surface area contributed by atoms with Gasteiger partial charge in [0, 0.05) is 12.8 Å². The first kappa shape index (κ1) is 21.5. The number of ketones is 1. The quantitative estimate of drug-likeness (QED) is 0.624. The molecule has 0 unspecified atom stereocenters. The molecule has 1 amide bonds. The van der Waals surface area contributed by atoms with Gasteiger partial charge in [0.05, 0.1) is 23.4 Å². The SMILES string of the molecule is CCCOc1ccc(C(F)(F)F)cc1NC(=O)CCc1cc(C(C)=O)c(C)o1. The molecular weight excluding hydrogens is 375 g/mol. The van der Waals surface area contributed by atoms with Crippen molar-refractivity contribution in [1.29, 1.82) is 0 Å². The van der Waals surface area contributed by atoms with Crippen LogP contribution in [0.3, 0.4) is 0 Å². The summed E-state index contributed by atoms with van der Waals surface area (Å²) in [5.74, 6) is 0.481. The number of hydrogen-bond donors (Lipinski definition) is 1. The maximum atomic E-state index is 13.0. The number of rotatable bonds is 8. The summed E-state index contributed by atoms with van der Waals surface area (Å²) in [6.07, 6.45) is -3.67. The number of ether oxygens (including phenoxy) is 1. The third-order valence-corrected chi connectivity index (χ3v) is 3.99. The molecule has 0 atom stereocenters. The number of hydrogen-bond acceptors (Lipinski definition) is 4. The van der Waals surface area contributed by atoms with Crippen LogP contribution in [-0.4, -0.2) is 18.3 Å². The highest BCUT2D eigenvalue weighted by Crippen LogP contribution is 2.35. The predicted octanol–water partition coefficient (Wildman–Crippen LogP) is 5.17. The number of aryl methyl sites for hydroxylation is 2. The molecule has 0 aliphatic carbocycles. The van der Waals surface area contributed by atoms with Gasteiger partial charge in [-0.25, -0.2) is 0 Å². The highest BCUT2D eigenvalue weighted by Gasteiger charge is 2.31. The Hall–Kier alpha value is -2.77. The van der Waals surface area contributed by atoms with Gasteiger partial charge in [0.2, 0.25) is 5.91 Å². The van der Waals surface area contributed by atoms with Gasteiger partial charge in [0.1, 0.15) is 17.3 Å². The second-order valence-corrected chi connectivity index (χ2v) is 6.34. The Kier molecular flexibility index (Phi) is 6.88. The Balaban J connectivity index is 2.10. The molecule has 1 aromatic carbocycles. The van der Waals surface area contributed by atoms with Crippen LogP contribution < -0.4 is 10.1 Å². The lowest BCUT2D eigenvalue weighted by molar-refractivity contribution is -0.137. The lowest BCUT2D eigenvalue weighted by atomic mass is 10.1. The molecule has 0 saturated heterocycles. The molecule has 0 aliphatic rings. The number of alkyl halides is 3. The van der Waals surface area contributed by atoms with Crippen LogP contribution in [0.25, 0.3) is 0 Å². The van der Waals surface area contributed by atoms with Crippen molar-refractivity contribution in [3.8, 4) is 5.75 Å². The van der Waals surface area contributed by atoms with E-state index in [1.807, 2.05) is 6.92 Å². The monoisotopic (exact) mass is 397 g/mol. The molecule has 0 fully saturated rings. The molecule has 0 bridgehead atoms. The van der Waals surface area contributed by atoms with Crippen molar-refractivity contribution in [3.05, 3.63) is 46.9 Å². The molecule has 152 valence electrons. The standard InChI is InChI=1S/C20H22F3NO4/c1-4-9-27-18-7-5-14(20(21,22)23)10-17(18)24-19(26)8-6-15-11-16(12(2)25)13(3)28-15/h5,7,10-11H,4,6,8-9H2,1-3H3,(H,24,26). The third-order valence-electron chi connectivity index (χ3n) is 3.99. The van der Waals surface area contributed by atoms with Crippen LogP contribution in [0.15, 0.2) is 28.7 Å². The first-order chi connectivity index (χ1) is 13.1. The Labute approximate surface area is 160 Å². The fourth-order valence-electron chi connectivity index (χ4n) is 2.61. The van der Waals surface area contributed by atoms with E-state index < -0.39 is 17.6 Å². The normalized spacial score (nSPS) is 11.4. The average Bonchev–Trinajstić information content (AvgIpc) is 2.99. The van der Waals surface area contributed by atoms with Gasteiger partial charge >= 0.3 is 6.18 Å². The zero-order chi connectivity index (χ0) is 20.9. The molecule has 8 heteroatoms. The molecule has 28 heavy (non-hydrogen) atoms. The summed E-state index contributed by atoms with van der Waals surface area (Å²) in [7, 11) is 0. The van der Waals surface area contributed by atoms with E-state index in [1.54, 1.807) is 13.0 Å². The summed E-state index contributed by atoms with van der Waals surface area (Å²) >= 11 is 0. The van der Waals surface area contributed by atoms with Gasteiger partial charge < -0.3 is 14.5 Å². The van der Waals surface area contributed by atoms with E-state index in [9.17, 15) is 22.8 Å². The molecule has 0 radical (unpaired) electrons. The number of halogens is 3.